The van der Waals surface area contributed by atoms with Crippen molar-refractivity contribution in [3.63, 3.8) is 0 Å². The van der Waals surface area contributed by atoms with E-state index in [0.717, 1.165) is 69.4 Å². The molecule has 2 aliphatic heterocycles. The third kappa shape index (κ3) is 8.00. The smallest absolute Gasteiger partial charge is 0.229 e. The zero-order chi connectivity index (χ0) is 30.0. The number of carbonyl (C=O) groups excluding carboxylic acids is 2. The molecule has 1 unspecified atom stereocenters. The second kappa shape index (κ2) is 15.3. The fraction of sp³-hybridized carbons (Fsp3) is 0.429. The molecule has 0 aliphatic carbocycles. The van der Waals surface area contributed by atoms with Crippen molar-refractivity contribution in [2.24, 2.45) is 11.1 Å². The maximum Gasteiger partial charge on any atom is 0.229 e. The third-order valence-corrected chi connectivity index (χ3v) is 9.17. The van der Waals surface area contributed by atoms with Gasteiger partial charge in [-0.2, -0.15) is 0 Å². The molecule has 2 amide bonds. The van der Waals surface area contributed by atoms with Gasteiger partial charge < -0.3 is 20.9 Å². The number of halogens is 1. The van der Waals surface area contributed by atoms with Crippen LogP contribution in [0, 0.1) is 5.41 Å². The summed E-state index contributed by atoms with van der Waals surface area (Å²) in [5, 5.41) is 3.87. The van der Waals surface area contributed by atoms with Crippen molar-refractivity contribution in [2.75, 3.05) is 33.2 Å². The van der Waals surface area contributed by atoms with Crippen LogP contribution in [0.2, 0.25) is 5.02 Å². The second-order valence-corrected chi connectivity index (χ2v) is 11.8. The maximum absolute atomic E-state index is 13.5. The van der Waals surface area contributed by atoms with Crippen molar-refractivity contribution in [1.29, 1.82) is 0 Å². The standard InChI is InChI=1S/C34H40ClN3O2.CH5N/c1-2-26-12-14-27(15-13-26)25-38-23-19-34(33(38)40)17-21-37(22-18-34)20-16-31(28-8-4-3-5-9-28)36-32(39)24-29-10-6-7-11-30(29)35;1-2/h3-15,31H,2,16-25H2,1H3,(H,36,39);2H2,1H3. The van der Waals surface area contributed by atoms with Gasteiger partial charge in [-0.3, -0.25) is 9.59 Å². The van der Waals surface area contributed by atoms with Crippen LogP contribution in [-0.2, 0) is 29.0 Å². The van der Waals surface area contributed by atoms with Crippen LogP contribution in [0.15, 0.2) is 78.9 Å². The van der Waals surface area contributed by atoms with Crippen LogP contribution in [0.3, 0.4) is 0 Å². The molecule has 0 aromatic heterocycles. The highest BCUT2D eigenvalue weighted by Crippen LogP contribution is 2.42. The molecule has 2 heterocycles. The van der Waals surface area contributed by atoms with Crippen molar-refractivity contribution in [1.82, 2.24) is 15.1 Å². The normalized spacial score (nSPS) is 17.0. The minimum Gasteiger partial charge on any atom is -0.349 e. The summed E-state index contributed by atoms with van der Waals surface area (Å²) in [5.41, 5.74) is 8.78. The van der Waals surface area contributed by atoms with Crippen molar-refractivity contribution in [3.05, 3.63) is 106 Å². The third-order valence-electron chi connectivity index (χ3n) is 8.80. The second-order valence-electron chi connectivity index (χ2n) is 11.4. The number of likely N-dealkylation sites (tertiary alicyclic amines) is 2. The molecular formula is C35H45ClN4O2. The summed E-state index contributed by atoms with van der Waals surface area (Å²) in [6.45, 7) is 6.43. The van der Waals surface area contributed by atoms with Gasteiger partial charge in [0.1, 0.15) is 0 Å². The van der Waals surface area contributed by atoms with Crippen LogP contribution >= 0.6 is 11.6 Å². The number of piperidine rings is 1. The maximum atomic E-state index is 13.5. The number of benzene rings is 3. The monoisotopic (exact) mass is 588 g/mol. The molecule has 3 aromatic carbocycles. The Bertz CT molecular complexity index is 1290. The van der Waals surface area contributed by atoms with Gasteiger partial charge in [-0.1, -0.05) is 91.3 Å². The lowest BCUT2D eigenvalue weighted by Gasteiger charge is -2.38. The number of aryl methyl sites for hydroxylation is 1. The van der Waals surface area contributed by atoms with E-state index in [9.17, 15) is 9.59 Å². The van der Waals surface area contributed by atoms with E-state index >= 15 is 0 Å². The van der Waals surface area contributed by atoms with Crippen molar-refractivity contribution in [3.8, 4) is 0 Å². The molecular weight excluding hydrogens is 544 g/mol. The molecule has 0 radical (unpaired) electrons. The van der Waals surface area contributed by atoms with Gasteiger partial charge in [-0.05, 0) is 80.6 Å². The van der Waals surface area contributed by atoms with E-state index in [1.54, 1.807) is 0 Å². The lowest BCUT2D eigenvalue weighted by Crippen LogP contribution is -2.45. The zero-order valence-electron chi connectivity index (χ0n) is 25.0. The highest BCUT2D eigenvalue weighted by Gasteiger charge is 2.47. The first-order valence-electron chi connectivity index (χ1n) is 15.2. The molecule has 6 nitrogen and oxygen atoms in total. The summed E-state index contributed by atoms with van der Waals surface area (Å²) in [4.78, 5) is 31.0. The van der Waals surface area contributed by atoms with Crippen LogP contribution in [0.1, 0.15) is 60.9 Å². The van der Waals surface area contributed by atoms with Gasteiger partial charge in [0.2, 0.25) is 11.8 Å². The highest BCUT2D eigenvalue weighted by molar-refractivity contribution is 6.31. The van der Waals surface area contributed by atoms with Gasteiger partial charge in [0, 0.05) is 24.7 Å². The molecule has 1 spiro atoms. The Labute approximate surface area is 256 Å². The minimum atomic E-state index is -0.206. The van der Waals surface area contributed by atoms with E-state index < -0.39 is 0 Å². The van der Waals surface area contributed by atoms with Crippen LogP contribution in [-0.4, -0.2) is 54.8 Å². The molecule has 3 N–H and O–H groups in total. The van der Waals surface area contributed by atoms with Gasteiger partial charge in [0.25, 0.3) is 0 Å². The van der Waals surface area contributed by atoms with Gasteiger partial charge in [0.15, 0.2) is 0 Å². The quantitative estimate of drug-likeness (QED) is 0.315. The molecule has 2 aliphatic rings. The Morgan fingerprint density at radius 1 is 0.905 bits per heavy atom. The largest absolute Gasteiger partial charge is 0.349 e. The molecule has 0 bridgehead atoms. The zero-order valence-corrected chi connectivity index (χ0v) is 25.8. The van der Waals surface area contributed by atoms with Crippen LogP contribution in [0.25, 0.3) is 0 Å². The molecule has 224 valence electrons. The number of nitrogens with zero attached hydrogens (tertiary/aromatic N) is 2. The Hall–Kier alpha value is -3.19. The summed E-state index contributed by atoms with van der Waals surface area (Å²) < 4.78 is 0. The Kier molecular flexibility index (Phi) is 11.6. The number of rotatable bonds is 10. The number of nitrogens with two attached hydrogens (primary N) is 1. The van der Waals surface area contributed by atoms with Crippen LogP contribution < -0.4 is 11.1 Å². The number of hydrogen-bond donors (Lipinski definition) is 2. The number of nitrogens with one attached hydrogen (secondary N) is 1. The highest BCUT2D eigenvalue weighted by atomic mass is 35.5. The summed E-state index contributed by atoms with van der Waals surface area (Å²) in [6, 6.07) is 26.3. The fourth-order valence-corrected chi connectivity index (χ4v) is 6.39. The minimum absolute atomic E-state index is 0.0273. The summed E-state index contributed by atoms with van der Waals surface area (Å²) in [6.07, 6.45) is 4.88. The molecule has 1 atom stereocenters. The van der Waals surface area contributed by atoms with Crippen molar-refractivity contribution in [2.45, 2.75) is 58.0 Å². The molecule has 5 rings (SSSR count). The van der Waals surface area contributed by atoms with Gasteiger partial charge >= 0.3 is 0 Å². The van der Waals surface area contributed by atoms with Gasteiger partial charge in [-0.25, -0.2) is 0 Å². The number of carbonyl (C=O) groups is 2. The SMILES string of the molecule is CCc1ccc(CN2CCC3(CCN(CCC(NC(=O)Cc4ccccc4Cl)c4ccccc4)CC3)C2=O)cc1.CN. The molecule has 3 aromatic rings. The molecule has 42 heavy (non-hydrogen) atoms. The average molecular weight is 589 g/mol. The summed E-state index contributed by atoms with van der Waals surface area (Å²) in [5.74, 6) is 0.307. The predicted molar refractivity (Wildman–Crippen MR) is 171 cm³/mol. The van der Waals surface area contributed by atoms with Gasteiger partial charge in [-0.15, -0.1) is 0 Å². The lowest BCUT2D eigenvalue weighted by molar-refractivity contribution is -0.139. The first-order chi connectivity index (χ1) is 20.5. The van der Waals surface area contributed by atoms with E-state index in [2.05, 4.69) is 64.2 Å². The molecule has 0 saturated carbocycles. The Morgan fingerprint density at radius 2 is 1.52 bits per heavy atom. The van der Waals surface area contributed by atoms with Crippen molar-refractivity contribution < 1.29 is 9.59 Å². The summed E-state index contributed by atoms with van der Waals surface area (Å²) in [7, 11) is 1.50. The first kappa shape index (κ1) is 31.7. The van der Waals surface area contributed by atoms with Crippen LogP contribution in [0.5, 0.6) is 0 Å². The predicted octanol–water partition coefficient (Wildman–Crippen LogP) is 5.78. The van der Waals surface area contributed by atoms with E-state index in [0.29, 0.717) is 17.5 Å². The molecule has 2 saturated heterocycles. The molecule has 2 fully saturated rings. The van der Waals surface area contributed by atoms with Crippen molar-refractivity contribution >= 4 is 23.4 Å². The van der Waals surface area contributed by atoms with E-state index in [-0.39, 0.29) is 23.8 Å². The average Bonchev–Trinajstić information content (AvgIpc) is 3.32. The topological polar surface area (TPSA) is 78.7 Å². The number of amides is 2. The first-order valence-corrected chi connectivity index (χ1v) is 15.6. The Morgan fingerprint density at radius 3 is 2.19 bits per heavy atom. The lowest BCUT2D eigenvalue weighted by atomic mass is 9.77. The fourth-order valence-electron chi connectivity index (χ4n) is 6.19. The summed E-state index contributed by atoms with van der Waals surface area (Å²) >= 11 is 6.29. The van der Waals surface area contributed by atoms with Crippen LogP contribution in [0.4, 0.5) is 0 Å². The van der Waals surface area contributed by atoms with E-state index in [4.69, 9.17) is 11.6 Å². The van der Waals surface area contributed by atoms with E-state index in [1.807, 2.05) is 42.5 Å². The number of hydrogen-bond acceptors (Lipinski definition) is 4. The Balaban J connectivity index is 0.00000198. The van der Waals surface area contributed by atoms with Gasteiger partial charge in [0.05, 0.1) is 17.9 Å². The molecule has 7 heteroatoms. The van der Waals surface area contributed by atoms with E-state index in [1.165, 1.54) is 18.2 Å².